The average molecular weight is 400 g/mol. The zero-order chi connectivity index (χ0) is 19.9. The molecule has 1 fully saturated rings. The summed E-state index contributed by atoms with van der Waals surface area (Å²) in [7, 11) is 0. The van der Waals surface area contributed by atoms with Crippen LogP contribution in [0.15, 0.2) is 48.5 Å². The Bertz CT molecular complexity index is 834. The van der Waals surface area contributed by atoms with Gasteiger partial charge >= 0.3 is 0 Å². The number of nitrogens with zero attached hydrogens (tertiary/aromatic N) is 1. The van der Waals surface area contributed by atoms with Crippen molar-refractivity contribution in [3.05, 3.63) is 70.2 Å². The molecule has 0 bridgehead atoms. The van der Waals surface area contributed by atoms with Crippen molar-refractivity contribution in [1.82, 2.24) is 15.5 Å². The molecule has 6 heteroatoms. The maximum Gasteiger partial charge on any atom is 0.253 e. The zero-order valence-corrected chi connectivity index (χ0v) is 16.8. The number of carbonyl (C=O) groups is 2. The highest BCUT2D eigenvalue weighted by atomic mass is 35.5. The molecule has 2 N–H and O–H groups in total. The number of benzene rings is 2. The van der Waals surface area contributed by atoms with E-state index in [0.717, 1.165) is 25.2 Å². The number of rotatable bonds is 7. The summed E-state index contributed by atoms with van der Waals surface area (Å²) in [6, 6.07) is 14.3. The molecule has 1 saturated heterocycles. The van der Waals surface area contributed by atoms with Gasteiger partial charge in [0.1, 0.15) is 6.04 Å². The topological polar surface area (TPSA) is 61.4 Å². The minimum atomic E-state index is -0.658. The largest absolute Gasteiger partial charge is 0.350 e. The molecule has 5 nitrogen and oxygen atoms in total. The lowest BCUT2D eigenvalue weighted by Gasteiger charge is -2.19. The molecule has 2 aromatic carbocycles. The highest BCUT2D eigenvalue weighted by Gasteiger charge is 2.19. The predicted octanol–water partition coefficient (Wildman–Crippen LogP) is 3.37. The number of halogens is 1. The first kappa shape index (κ1) is 20.4. The molecule has 1 heterocycles. The number of hydrogen-bond donors (Lipinski definition) is 2. The number of hydrogen-bond acceptors (Lipinski definition) is 3. The summed E-state index contributed by atoms with van der Waals surface area (Å²) in [6.07, 6.45) is 2.50. The van der Waals surface area contributed by atoms with E-state index in [4.69, 9.17) is 11.6 Å². The van der Waals surface area contributed by atoms with Crippen molar-refractivity contribution in [3.63, 3.8) is 0 Å². The number of likely N-dealkylation sites (tertiary alicyclic amines) is 1. The molecule has 0 spiro atoms. The van der Waals surface area contributed by atoms with Gasteiger partial charge in [0.2, 0.25) is 5.91 Å². The van der Waals surface area contributed by atoms with Crippen LogP contribution in [0.25, 0.3) is 0 Å². The van der Waals surface area contributed by atoms with Gasteiger partial charge in [-0.15, -0.1) is 0 Å². The molecule has 2 aromatic rings. The second-order valence-electron chi connectivity index (χ2n) is 7.14. The summed E-state index contributed by atoms with van der Waals surface area (Å²) in [5.41, 5.74) is 2.70. The summed E-state index contributed by atoms with van der Waals surface area (Å²) in [5.74, 6) is -0.584. The maximum atomic E-state index is 12.5. The number of amides is 2. The van der Waals surface area contributed by atoms with E-state index in [9.17, 15) is 9.59 Å². The van der Waals surface area contributed by atoms with E-state index in [-0.39, 0.29) is 11.8 Å². The van der Waals surface area contributed by atoms with E-state index < -0.39 is 6.04 Å². The van der Waals surface area contributed by atoms with Crippen LogP contribution in [0.1, 0.15) is 41.3 Å². The van der Waals surface area contributed by atoms with Gasteiger partial charge in [0.05, 0.1) is 10.6 Å². The molecule has 148 valence electrons. The Labute approximate surface area is 171 Å². The van der Waals surface area contributed by atoms with Crippen molar-refractivity contribution in [1.29, 1.82) is 0 Å². The van der Waals surface area contributed by atoms with E-state index in [0.29, 0.717) is 17.1 Å². The van der Waals surface area contributed by atoms with Crippen LogP contribution in [0.4, 0.5) is 0 Å². The molecule has 2 amide bonds. The smallest absolute Gasteiger partial charge is 0.253 e. The van der Waals surface area contributed by atoms with Crippen LogP contribution in [-0.2, 0) is 17.9 Å². The van der Waals surface area contributed by atoms with Crippen LogP contribution >= 0.6 is 11.6 Å². The number of nitrogens with one attached hydrogen (secondary N) is 2. The molecule has 0 aliphatic carbocycles. The summed E-state index contributed by atoms with van der Waals surface area (Å²) < 4.78 is 0. The first-order chi connectivity index (χ1) is 13.5. The van der Waals surface area contributed by atoms with E-state index in [1.54, 1.807) is 31.2 Å². The minimum Gasteiger partial charge on any atom is -0.350 e. The second-order valence-corrected chi connectivity index (χ2v) is 7.55. The van der Waals surface area contributed by atoms with Gasteiger partial charge in [0.15, 0.2) is 0 Å². The van der Waals surface area contributed by atoms with E-state index in [1.807, 2.05) is 18.2 Å². The number of carbonyl (C=O) groups excluding carboxylic acids is 2. The average Bonchev–Trinajstić information content (AvgIpc) is 3.20. The van der Waals surface area contributed by atoms with Crippen molar-refractivity contribution in [2.75, 3.05) is 13.1 Å². The SMILES string of the molecule is C[C@H](NC(=O)c1ccccc1Cl)C(=O)NCc1ccccc1CN1CCCC1. The highest BCUT2D eigenvalue weighted by Crippen LogP contribution is 2.16. The van der Waals surface area contributed by atoms with Crippen molar-refractivity contribution in [3.8, 4) is 0 Å². The Kier molecular flexibility index (Phi) is 7.06. The summed E-state index contributed by atoms with van der Waals surface area (Å²) in [5, 5.41) is 6.00. The Balaban J connectivity index is 1.55. The molecule has 0 saturated carbocycles. The van der Waals surface area contributed by atoms with Gasteiger partial charge in [0.25, 0.3) is 5.91 Å². The molecule has 0 unspecified atom stereocenters. The maximum absolute atomic E-state index is 12.5. The molecular weight excluding hydrogens is 374 g/mol. The third kappa shape index (κ3) is 5.33. The Hall–Kier alpha value is -2.37. The molecule has 0 aromatic heterocycles. The minimum absolute atomic E-state index is 0.226. The molecule has 3 rings (SSSR count). The standard InChI is InChI=1S/C22H26ClN3O2/c1-16(25-22(28)19-10-4-5-11-20(19)23)21(27)24-14-17-8-2-3-9-18(17)15-26-12-6-7-13-26/h2-5,8-11,16H,6-7,12-15H2,1H3,(H,24,27)(H,25,28)/t16-/m0/s1. The lowest BCUT2D eigenvalue weighted by molar-refractivity contribution is -0.122. The van der Waals surface area contributed by atoms with Crippen molar-refractivity contribution in [2.45, 2.75) is 38.9 Å². The summed E-state index contributed by atoms with van der Waals surface area (Å²) in [4.78, 5) is 27.2. The van der Waals surface area contributed by atoms with Gasteiger partial charge in [-0.3, -0.25) is 14.5 Å². The molecule has 1 aliphatic rings. The fraction of sp³-hybridized carbons (Fsp3) is 0.364. The molecule has 1 aliphatic heterocycles. The Morgan fingerprint density at radius 2 is 1.68 bits per heavy atom. The summed E-state index contributed by atoms with van der Waals surface area (Å²) in [6.45, 7) is 5.28. The fourth-order valence-corrected chi connectivity index (χ4v) is 3.61. The van der Waals surface area contributed by atoms with Gasteiger partial charge < -0.3 is 10.6 Å². The Morgan fingerprint density at radius 1 is 1.04 bits per heavy atom. The van der Waals surface area contributed by atoms with Gasteiger partial charge in [-0.05, 0) is 56.1 Å². The van der Waals surface area contributed by atoms with E-state index >= 15 is 0 Å². The van der Waals surface area contributed by atoms with E-state index in [2.05, 4.69) is 21.6 Å². The zero-order valence-electron chi connectivity index (χ0n) is 16.1. The third-order valence-electron chi connectivity index (χ3n) is 5.02. The first-order valence-electron chi connectivity index (χ1n) is 9.67. The normalized spacial score (nSPS) is 15.2. The van der Waals surface area contributed by atoms with Crippen LogP contribution in [0.2, 0.25) is 5.02 Å². The quantitative estimate of drug-likeness (QED) is 0.750. The van der Waals surface area contributed by atoms with Crippen LogP contribution in [0, 0.1) is 0 Å². The van der Waals surface area contributed by atoms with Crippen LogP contribution in [0.5, 0.6) is 0 Å². The van der Waals surface area contributed by atoms with Crippen molar-refractivity contribution >= 4 is 23.4 Å². The van der Waals surface area contributed by atoms with Crippen molar-refractivity contribution in [2.24, 2.45) is 0 Å². The molecule has 0 radical (unpaired) electrons. The van der Waals surface area contributed by atoms with Gasteiger partial charge in [-0.2, -0.15) is 0 Å². The first-order valence-corrected chi connectivity index (χ1v) is 10.0. The highest BCUT2D eigenvalue weighted by molar-refractivity contribution is 6.33. The van der Waals surface area contributed by atoms with Gasteiger partial charge in [0, 0.05) is 13.1 Å². The van der Waals surface area contributed by atoms with Crippen LogP contribution in [-0.4, -0.2) is 35.8 Å². The van der Waals surface area contributed by atoms with E-state index in [1.165, 1.54) is 18.4 Å². The van der Waals surface area contributed by atoms with Crippen molar-refractivity contribution < 1.29 is 9.59 Å². The third-order valence-corrected chi connectivity index (χ3v) is 5.35. The van der Waals surface area contributed by atoms with Gasteiger partial charge in [-0.1, -0.05) is 48.0 Å². The fourth-order valence-electron chi connectivity index (χ4n) is 3.39. The monoisotopic (exact) mass is 399 g/mol. The second kappa shape index (κ2) is 9.71. The van der Waals surface area contributed by atoms with Crippen LogP contribution < -0.4 is 10.6 Å². The summed E-state index contributed by atoms with van der Waals surface area (Å²) >= 11 is 6.05. The predicted molar refractivity (Wildman–Crippen MR) is 111 cm³/mol. The van der Waals surface area contributed by atoms with Gasteiger partial charge in [-0.25, -0.2) is 0 Å². The Morgan fingerprint density at radius 3 is 2.39 bits per heavy atom. The molecule has 28 heavy (non-hydrogen) atoms. The molecule has 1 atom stereocenters. The lowest BCUT2D eigenvalue weighted by atomic mass is 10.1. The van der Waals surface area contributed by atoms with Crippen LogP contribution in [0.3, 0.4) is 0 Å². The molecular formula is C22H26ClN3O2. The lowest BCUT2D eigenvalue weighted by Crippen LogP contribution is -2.44.